The number of nitrogens with zero attached hydrogens (tertiary/aromatic N) is 3. The van der Waals surface area contributed by atoms with Gasteiger partial charge in [0.2, 0.25) is 0 Å². The normalized spacial score (nSPS) is 13.1. The van der Waals surface area contributed by atoms with Crippen LogP contribution in [-0.2, 0) is 15.7 Å². The van der Waals surface area contributed by atoms with Gasteiger partial charge >= 0.3 is 0 Å². The van der Waals surface area contributed by atoms with Crippen molar-refractivity contribution in [1.29, 1.82) is 0 Å². The molecule has 176 valence electrons. The van der Waals surface area contributed by atoms with Crippen LogP contribution in [0.5, 0.6) is 0 Å². The van der Waals surface area contributed by atoms with Gasteiger partial charge in [-0.15, -0.1) is 0 Å². The van der Waals surface area contributed by atoms with Crippen molar-refractivity contribution < 1.29 is 9.16 Å². The molecule has 1 aromatic heterocycles. The molecule has 0 aliphatic carbocycles. The molecule has 1 atom stereocenters. The Bertz CT molecular complexity index is 1010. The lowest BCUT2D eigenvalue weighted by Crippen LogP contribution is -2.46. The van der Waals surface area contributed by atoms with Crippen molar-refractivity contribution in [2.24, 2.45) is 4.99 Å². The molecular weight excluding hydrogens is 426 g/mol. The van der Waals surface area contributed by atoms with Crippen LogP contribution in [0.4, 0.5) is 5.69 Å². The summed E-state index contributed by atoms with van der Waals surface area (Å²) in [4.78, 5) is 5.06. The number of ether oxygens (including phenoxy) is 1. The Labute approximate surface area is 199 Å². The van der Waals surface area contributed by atoms with Gasteiger partial charge in [-0.2, -0.15) is 5.10 Å². The molecule has 0 N–H and O–H groups in total. The summed E-state index contributed by atoms with van der Waals surface area (Å²) < 4.78 is 14.1. The van der Waals surface area contributed by atoms with E-state index < -0.39 is 8.32 Å². The average Bonchev–Trinajstić information content (AvgIpc) is 3.11. The number of rotatable bonds is 9. The van der Waals surface area contributed by atoms with Gasteiger partial charge in [-0.1, -0.05) is 81.4 Å². The van der Waals surface area contributed by atoms with E-state index in [1.165, 1.54) is 0 Å². The molecule has 3 rings (SSSR count). The molecule has 1 heterocycles. The second-order valence-electron chi connectivity index (χ2n) is 9.97. The first-order chi connectivity index (χ1) is 15.6. The van der Waals surface area contributed by atoms with Gasteiger partial charge in [-0.3, -0.25) is 4.68 Å². The maximum Gasteiger partial charge on any atom is 0.192 e. The van der Waals surface area contributed by atoms with Crippen molar-refractivity contribution in [2.75, 3.05) is 13.7 Å². The quantitative estimate of drug-likeness (QED) is 0.273. The van der Waals surface area contributed by atoms with Gasteiger partial charge in [-0.05, 0) is 25.1 Å². The van der Waals surface area contributed by atoms with E-state index in [0.29, 0.717) is 13.2 Å². The number of benzene rings is 2. The van der Waals surface area contributed by atoms with E-state index in [0.717, 1.165) is 28.2 Å². The van der Waals surface area contributed by atoms with E-state index >= 15 is 0 Å². The highest BCUT2D eigenvalue weighted by Gasteiger charge is 2.39. The standard InChI is InChI=1S/C27H37N3O2Si/c1-21-25(28-26(22-14-10-8-11-15-22)23-16-12-9-13-17-23)19-30(29-21)18-24(20-31-5)32-33(6,7)27(2,3)4/h8-17,19,24H,18,20H2,1-7H3. The number of hydrogen-bond acceptors (Lipinski definition) is 4. The molecule has 2 aromatic carbocycles. The van der Waals surface area contributed by atoms with Gasteiger partial charge in [0.05, 0.1) is 36.9 Å². The Morgan fingerprint density at radius 1 is 1.00 bits per heavy atom. The van der Waals surface area contributed by atoms with Crippen LogP contribution in [0, 0.1) is 6.92 Å². The van der Waals surface area contributed by atoms with Crippen LogP contribution in [0.15, 0.2) is 71.9 Å². The second kappa shape index (κ2) is 10.6. The number of aryl methyl sites for hydroxylation is 1. The molecule has 3 aromatic rings. The zero-order valence-corrected chi connectivity index (χ0v) is 22.0. The Morgan fingerprint density at radius 2 is 1.55 bits per heavy atom. The van der Waals surface area contributed by atoms with Gasteiger partial charge in [0.1, 0.15) is 5.69 Å². The molecule has 0 saturated carbocycles. The minimum absolute atomic E-state index is 0.0604. The molecular formula is C27H37N3O2Si. The maximum atomic E-state index is 6.63. The van der Waals surface area contributed by atoms with Gasteiger partial charge in [0, 0.05) is 18.2 Å². The number of aliphatic imine (C=N–C) groups is 1. The minimum Gasteiger partial charge on any atom is -0.410 e. The van der Waals surface area contributed by atoms with E-state index in [4.69, 9.17) is 19.3 Å². The van der Waals surface area contributed by atoms with Crippen molar-refractivity contribution >= 4 is 19.7 Å². The summed E-state index contributed by atoms with van der Waals surface area (Å²) in [5.74, 6) is 0. The summed E-state index contributed by atoms with van der Waals surface area (Å²) in [7, 11) is -0.209. The lowest BCUT2D eigenvalue weighted by Gasteiger charge is -2.39. The SMILES string of the molecule is COCC(Cn1cc(N=C(c2ccccc2)c2ccccc2)c(C)n1)O[Si](C)(C)C(C)(C)C. The minimum atomic E-state index is -1.93. The van der Waals surface area contributed by atoms with Gasteiger partial charge in [-0.25, -0.2) is 4.99 Å². The molecule has 5 nitrogen and oxygen atoms in total. The van der Waals surface area contributed by atoms with Crippen LogP contribution in [0.2, 0.25) is 18.1 Å². The fourth-order valence-electron chi connectivity index (χ4n) is 3.43. The monoisotopic (exact) mass is 463 g/mol. The summed E-state index contributed by atoms with van der Waals surface area (Å²) in [6, 6.07) is 20.6. The zero-order chi connectivity index (χ0) is 24.1. The molecule has 0 aliphatic heterocycles. The maximum absolute atomic E-state index is 6.63. The Balaban J connectivity index is 1.91. The first-order valence-corrected chi connectivity index (χ1v) is 14.4. The van der Waals surface area contributed by atoms with Crippen LogP contribution in [0.1, 0.15) is 37.6 Å². The fraction of sp³-hybridized carbons (Fsp3) is 0.407. The van der Waals surface area contributed by atoms with E-state index in [1.807, 2.05) is 54.2 Å². The molecule has 0 amide bonds. The van der Waals surface area contributed by atoms with Crippen LogP contribution in [0.25, 0.3) is 0 Å². The molecule has 33 heavy (non-hydrogen) atoms. The molecule has 6 heteroatoms. The molecule has 0 fully saturated rings. The predicted molar refractivity (Wildman–Crippen MR) is 139 cm³/mol. The Morgan fingerprint density at radius 3 is 2.03 bits per heavy atom. The lowest BCUT2D eigenvalue weighted by molar-refractivity contribution is 0.0586. The zero-order valence-electron chi connectivity index (χ0n) is 21.0. The average molecular weight is 464 g/mol. The topological polar surface area (TPSA) is 48.6 Å². The van der Waals surface area contributed by atoms with Crippen molar-refractivity contribution in [2.45, 2.75) is 58.5 Å². The first-order valence-electron chi connectivity index (χ1n) is 11.5. The summed E-state index contributed by atoms with van der Waals surface area (Å²) in [6.07, 6.45) is 1.95. The third kappa shape index (κ3) is 6.50. The summed E-state index contributed by atoms with van der Waals surface area (Å²) in [5.41, 5.74) is 4.85. The smallest absolute Gasteiger partial charge is 0.192 e. The summed E-state index contributed by atoms with van der Waals surface area (Å²) >= 11 is 0. The molecule has 1 unspecified atom stereocenters. The van der Waals surface area contributed by atoms with Crippen molar-refractivity contribution in [3.8, 4) is 0 Å². The highest BCUT2D eigenvalue weighted by atomic mass is 28.4. The summed E-state index contributed by atoms with van der Waals surface area (Å²) in [6.45, 7) is 14.5. The van der Waals surface area contributed by atoms with Crippen molar-refractivity contribution in [3.05, 3.63) is 83.7 Å². The van der Waals surface area contributed by atoms with Crippen LogP contribution in [0.3, 0.4) is 0 Å². The number of methoxy groups -OCH3 is 1. The van der Waals surface area contributed by atoms with E-state index in [9.17, 15) is 0 Å². The largest absolute Gasteiger partial charge is 0.410 e. The van der Waals surface area contributed by atoms with Gasteiger partial charge in [0.25, 0.3) is 0 Å². The fourth-order valence-corrected chi connectivity index (χ4v) is 4.76. The van der Waals surface area contributed by atoms with Gasteiger partial charge < -0.3 is 9.16 Å². The molecule has 0 aliphatic rings. The van der Waals surface area contributed by atoms with E-state index in [-0.39, 0.29) is 11.1 Å². The lowest BCUT2D eigenvalue weighted by atomic mass is 10.0. The highest BCUT2D eigenvalue weighted by molar-refractivity contribution is 6.74. The van der Waals surface area contributed by atoms with Crippen LogP contribution >= 0.6 is 0 Å². The number of aromatic nitrogens is 2. The van der Waals surface area contributed by atoms with Crippen LogP contribution in [-0.4, -0.2) is 43.6 Å². The molecule has 0 saturated heterocycles. The Hall–Kier alpha value is -2.54. The predicted octanol–water partition coefficient (Wildman–Crippen LogP) is 6.40. The molecule has 0 spiro atoms. The third-order valence-corrected chi connectivity index (χ3v) is 10.8. The highest BCUT2D eigenvalue weighted by Crippen LogP contribution is 2.37. The van der Waals surface area contributed by atoms with E-state index in [2.05, 4.69) is 58.1 Å². The second-order valence-corrected chi connectivity index (χ2v) is 14.7. The van der Waals surface area contributed by atoms with Crippen molar-refractivity contribution in [1.82, 2.24) is 9.78 Å². The number of hydrogen-bond donors (Lipinski definition) is 0. The molecule has 0 bridgehead atoms. The first kappa shape index (κ1) is 25.1. The van der Waals surface area contributed by atoms with Crippen LogP contribution < -0.4 is 0 Å². The third-order valence-electron chi connectivity index (χ3n) is 6.26. The van der Waals surface area contributed by atoms with Crippen molar-refractivity contribution in [3.63, 3.8) is 0 Å². The summed E-state index contributed by atoms with van der Waals surface area (Å²) in [5, 5.41) is 4.89. The molecule has 0 radical (unpaired) electrons. The Kier molecular flexibility index (Phi) is 8.05. The van der Waals surface area contributed by atoms with E-state index in [1.54, 1.807) is 7.11 Å². The van der Waals surface area contributed by atoms with Gasteiger partial charge in [0.15, 0.2) is 8.32 Å².